The van der Waals surface area contributed by atoms with Gasteiger partial charge in [-0.05, 0) is 37.0 Å². The van der Waals surface area contributed by atoms with Gasteiger partial charge in [-0.3, -0.25) is 29.4 Å². The molecule has 7 amide bonds. The van der Waals surface area contributed by atoms with Crippen LogP contribution in [0.5, 0.6) is 0 Å². The molecule has 1 unspecified atom stereocenters. The van der Waals surface area contributed by atoms with E-state index in [2.05, 4.69) is 10.6 Å². The van der Waals surface area contributed by atoms with Gasteiger partial charge in [0.25, 0.3) is 11.8 Å². The van der Waals surface area contributed by atoms with Crippen LogP contribution in [0.4, 0.5) is 9.59 Å². The normalized spacial score (nSPS) is 20.6. The van der Waals surface area contributed by atoms with Crippen molar-refractivity contribution in [3.05, 3.63) is 34.9 Å². The molecule has 0 saturated carbocycles. The van der Waals surface area contributed by atoms with E-state index in [1.807, 2.05) is 0 Å². The molecular formula is C20H20N4O7. The molecule has 11 heteroatoms. The van der Waals surface area contributed by atoms with Crippen molar-refractivity contribution in [3.63, 3.8) is 0 Å². The Kier molecular flexibility index (Phi) is 5.40. The summed E-state index contributed by atoms with van der Waals surface area (Å²) < 4.78 is 4.71. The number of ether oxygens (including phenoxy) is 1. The van der Waals surface area contributed by atoms with Crippen LogP contribution in [0.15, 0.2) is 18.2 Å². The molecule has 0 spiro atoms. The summed E-state index contributed by atoms with van der Waals surface area (Å²) in [7, 11) is 0. The fraction of sp³-hybridized carbons (Fsp3) is 0.400. The van der Waals surface area contributed by atoms with Crippen LogP contribution in [0, 0.1) is 0 Å². The van der Waals surface area contributed by atoms with Gasteiger partial charge in [0.2, 0.25) is 11.8 Å². The second kappa shape index (κ2) is 8.17. The largest absolute Gasteiger partial charge is 0.447 e. The highest BCUT2D eigenvalue weighted by Gasteiger charge is 2.44. The molecule has 162 valence electrons. The predicted octanol–water partition coefficient (Wildman–Crippen LogP) is 0.182. The van der Waals surface area contributed by atoms with Crippen LogP contribution in [-0.2, 0) is 20.7 Å². The number of piperidine rings is 1. The summed E-state index contributed by atoms with van der Waals surface area (Å²) in [5, 5.41) is 4.80. The molecule has 0 aromatic heterocycles. The summed E-state index contributed by atoms with van der Waals surface area (Å²) in [6.07, 6.45) is 0.577. The van der Waals surface area contributed by atoms with E-state index in [-0.39, 0.29) is 37.1 Å². The first-order valence-corrected chi connectivity index (χ1v) is 9.93. The lowest BCUT2D eigenvalue weighted by Crippen LogP contribution is -2.54. The van der Waals surface area contributed by atoms with Crippen LogP contribution >= 0.6 is 0 Å². The van der Waals surface area contributed by atoms with Crippen molar-refractivity contribution in [1.29, 1.82) is 0 Å². The number of cyclic esters (lactones) is 1. The number of carbonyl (C=O) groups is 6. The Hall–Kier alpha value is -3.76. The van der Waals surface area contributed by atoms with Gasteiger partial charge in [-0.25, -0.2) is 14.5 Å². The van der Waals surface area contributed by atoms with Crippen LogP contribution in [0.3, 0.4) is 0 Å². The van der Waals surface area contributed by atoms with Crippen LogP contribution in [0.2, 0.25) is 0 Å². The monoisotopic (exact) mass is 428 g/mol. The van der Waals surface area contributed by atoms with Gasteiger partial charge < -0.3 is 10.1 Å². The van der Waals surface area contributed by atoms with Crippen LogP contribution in [-0.4, -0.2) is 71.3 Å². The van der Waals surface area contributed by atoms with Gasteiger partial charge in [-0.15, -0.1) is 0 Å². The molecule has 0 bridgehead atoms. The van der Waals surface area contributed by atoms with Crippen LogP contribution in [0.1, 0.15) is 45.5 Å². The average Bonchev–Trinajstić information content (AvgIpc) is 3.27. The van der Waals surface area contributed by atoms with E-state index >= 15 is 0 Å². The van der Waals surface area contributed by atoms with Crippen molar-refractivity contribution in [1.82, 2.24) is 20.4 Å². The minimum atomic E-state index is -0.999. The third kappa shape index (κ3) is 3.86. The van der Waals surface area contributed by atoms with Crippen molar-refractivity contribution in [2.24, 2.45) is 0 Å². The first-order valence-electron chi connectivity index (χ1n) is 9.93. The predicted molar refractivity (Wildman–Crippen MR) is 103 cm³/mol. The smallest absolute Gasteiger partial charge is 0.418 e. The molecule has 0 aliphatic carbocycles. The van der Waals surface area contributed by atoms with E-state index in [1.54, 1.807) is 18.2 Å². The molecule has 1 aromatic carbocycles. The molecule has 3 aliphatic rings. The molecule has 31 heavy (non-hydrogen) atoms. The standard InChI is InChI=1S/C20H20N4O7/c25-15-6-5-14(16(26)22-15)24-17(27)12-4-3-11(10-13(12)18(24)28)2-1-7-21-19(29)23-8-9-31-20(23)30/h3-4,10,14H,1-2,5-9H2,(H,21,29)(H,22,25,26). The van der Waals surface area contributed by atoms with Gasteiger partial charge >= 0.3 is 12.1 Å². The van der Waals surface area contributed by atoms with Crippen molar-refractivity contribution in [2.75, 3.05) is 19.7 Å². The number of fused-ring (bicyclic) bond motifs is 1. The van der Waals surface area contributed by atoms with E-state index in [0.29, 0.717) is 19.4 Å². The molecular weight excluding hydrogens is 408 g/mol. The van der Waals surface area contributed by atoms with Gasteiger partial charge in [-0.2, -0.15) is 0 Å². The lowest BCUT2D eigenvalue weighted by Gasteiger charge is -2.27. The zero-order valence-electron chi connectivity index (χ0n) is 16.5. The zero-order valence-corrected chi connectivity index (χ0v) is 16.5. The van der Waals surface area contributed by atoms with Crippen LogP contribution < -0.4 is 10.6 Å². The first kappa shape index (κ1) is 20.5. The highest BCUT2D eigenvalue weighted by molar-refractivity contribution is 6.23. The van der Waals surface area contributed by atoms with Crippen molar-refractivity contribution in [3.8, 4) is 0 Å². The molecule has 0 radical (unpaired) electrons. The lowest BCUT2D eigenvalue weighted by molar-refractivity contribution is -0.136. The number of hydrogen-bond donors (Lipinski definition) is 2. The fourth-order valence-corrected chi connectivity index (χ4v) is 3.83. The quantitative estimate of drug-likeness (QED) is 0.503. The number of amides is 7. The Morgan fingerprint density at radius 2 is 1.90 bits per heavy atom. The minimum Gasteiger partial charge on any atom is -0.447 e. The van der Waals surface area contributed by atoms with E-state index < -0.39 is 41.8 Å². The Morgan fingerprint density at radius 1 is 1.13 bits per heavy atom. The van der Waals surface area contributed by atoms with Crippen molar-refractivity contribution < 1.29 is 33.5 Å². The van der Waals surface area contributed by atoms with Gasteiger partial charge in [0.1, 0.15) is 12.6 Å². The van der Waals surface area contributed by atoms with Gasteiger partial charge in [0.15, 0.2) is 0 Å². The van der Waals surface area contributed by atoms with E-state index in [4.69, 9.17) is 4.74 Å². The summed E-state index contributed by atoms with van der Waals surface area (Å²) in [6, 6.07) is 3.37. The first-order chi connectivity index (χ1) is 14.9. The summed E-state index contributed by atoms with van der Waals surface area (Å²) in [4.78, 5) is 74.1. The van der Waals surface area contributed by atoms with Crippen molar-refractivity contribution >= 4 is 35.8 Å². The SMILES string of the molecule is O=C1CCC(N2C(=O)c3ccc(CCCNC(=O)N4CCOC4=O)cc3C2=O)C(=O)N1. The number of urea groups is 1. The molecule has 2 fully saturated rings. The summed E-state index contributed by atoms with van der Waals surface area (Å²) in [5.74, 6) is -2.18. The number of nitrogens with one attached hydrogen (secondary N) is 2. The number of hydrogen-bond acceptors (Lipinski definition) is 7. The maximum absolute atomic E-state index is 12.8. The molecule has 1 aromatic rings. The molecule has 2 N–H and O–H groups in total. The Balaban J connectivity index is 1.36. The molecule has 3 aliphatic heterocycles. The number of carbonyl (C=O) groups excluding carboxylic acids is 6. The second-order valence-corrected chi connectivity index (χ2v) is 7.43. The maximum atomic E-state index is 12.8. The molecule has 3 heterocycles. The molecule has 11 nitrogen and oxygen atoms in total. The van der Waals surface area contributed by atoms with E-state index in [9.17, 15) is 28.8 Å². The lowest BCUT2D eigenvalue weighted by atomic mass is 10.0. The van der Waals surface area contributed by atoms with Crippen molar-refractivity contribution in [2.45, 2.75) is 31.7 Å². The Labute approximate surface area is 176 Å². The highest BCUT2D eigenvalue weighted by Crippen LogP contribution is 2.28. The topological polar surface area (TPSA) is 142 Å². The number of nitrogens with zero attached hydrogens (tertiary/aromatic N) is 2. The number of rotatable bonds is 5. The Bertz CT molecular complexity index is 1010. The summed E-state index contributed by atoms with van der Waals surface area (Å²) in [5.41, 5.74) is 1.23. The molecule has 2 saturated heterocycles. The van der Waals surface area contributed by atoms with Gasteiger partial charge in [0.05, 0.1) is 17.7 Å². The van der Waals surface area contributed by atoms with Crippen LogP contribution in [0.25, 0.3) is 0 Å². The summed E-state index contributed by atoms with van der Waals surface area (Å²) in [6.45, 7) is 0.717. The van der Waals surface area contributed by atoms with Gasteiger partial charge in [0, 0.05) is 13.0 Å². The van der Waals surface area contributed by atoms with E-state index in [0.717, 1.165) is 15.4 Å². The Morgan fingerprint density at radius 3 is 2.61 bits per heavy atom. The number of benzene rings is 1. The maximum Gasteiger partial charge on any atom is 0.418 e. The van der Waals surface area contributed by atoms with E-state index in [1.165, 1.54) is 0 Å². The van der Waals surface area contributed by atoms with Gasteiger partial charge in [-0.1, -0.05) is 6.07 Å². The zero-order chi connectivity index (χ0) is 22.1. The number of imide groups is 3. The average molecular weight is 428 g/mol. The third-order valence-corrected chi connectivity index (χ3v) is 5.43. The number of aryl methyl sites for hydroxylation is 1. The summed E-state index contributed by atoms with van der Waals surface area (Å²) >= 11 is 0. The fourth-order valence-electron chi connectivity index (χ4n) is 3.83. The molecule has 4 rings (SSSR count). The minimum absolute atomic E-state index is 0.0654. The third-order valence-electron chi connectivity index (χ3n) is 5.43. The molecule has 1 atom stereocenters. The second-order valence-electron chi connectivity index (χ2n) is 7.43. The highest BCUT2D eigenvalue weighted by atomic mass is 16.6.